The van der Waals surface area contributed by atoms with Crippen LogP contribution < -0.4 is 5.32 Å². The number of thioether (sulfide) groups is 1. The average molecular weight is 259 g/mol. The summed E-state index contributed by atoms with van der Waals surface area (Å²) in [6.45, 7) is 0. The van der Waals surface area contributed by atoms with Crippen LogP contribution in [0.5, 0.6) is 0 Å². The van der Waals surface area contributed by atoms with Crippen LogP contribution in [0.3, 0.4) is 0 Å². The van der Waals surface area contributed by atoms with Gasteiger partial charge in [-0.05, 0) is 36.2 Å². The molecule has 4 nitrogen and oxygen atoms in total. The lowest BCUT2D eigenvalue weighted by molar-refractivity contribution is -0.141. The Morgan fingerprint density at radius 2 is 2.12 bits per heavy atom. The van der Waals surface area contributed by atoms with Gasteiger partial charge in [-0.3, -0.25) is 9.59 Å². The van der Waals surface area contributed by atoms with E-state index in [9.17, 15) is 9.59 Å². The second-order valence-corrected chi connectivity index (χ2v) is 5.69. The number of rotatable bonds is 8. The number of carbonyl (C=O) groups is 2. The van der Waals surface area contributed by atoms with Crippen molar-refractivity contribution in [1.29, 1.82) is 0 Å². The van der Waals surface area contributed by atoms with E-state index < -0.39 is 0 Å². The monoisotopic (exact) mass is 259 g/mol. The van der Waals surface area contributed by atoms with Crippen molar-refractivity contribution in [1.82, 2.24) is 5.32 Å². The Balaban J connectivity index is 2.06. The van der Waals surface area contributed by atoms with Gasteiger partial charge in [0.25, 0.3) is 0 Å². The standard InChI is InChI=1S/C12H21NO3S/c1-13-10(14)4-3-7-17-9-12(5-6-12)8-11(15)16-2/h3-9H2,1-2H3,(H,13,14). The summed E-state index contributed by atoms with van der Waals surface area (Å²) in [7, 11) is 3.10. The van der Waals surface area contributed by atoms with Gasteiger partial charge in [0.2, 0.25) is 5.91 Å². The summed E-state index contributed by atoms with van der Waals surface area (Å²) in [5.74, 6) is 1.99. The Morgan fingerprint density at radius 3 is 2.65 bits per heavy atom. The summed E-state index contributed by atoms with van der Waals surface area (Å²) < 4.78 is 4.70. The summed E-state index contributed by atoms with van der Waals surface area (Å²) in [5, 5.41) is 2.61. The highest BCUT2D eigenvalue weighted by Gasteiger charge is 2.44. The van der Waals surface area contributed by atoms with Gasteiger partial charge in [0.1, 0.15) is 0 Å². The number of hydrogen-bond acceptors (Lipinski definition) is 4. The molecular formula is C12H21NO3S. The predicted molar refractivity (Wildman–Crippen MR) is 68.9 cm³/mol. The van der Waals surface area contributed by atoms with Gasteiger partial charge in [-0.25, -0.2) is 0 Å². The third-order valence-electron chi connectivity index (χ3n) is 3.08. The number of esters is 1. The first-order valence-corrected chi connectivity index (χ1v) is 7.12. The second kappa shape index (κ2) is 6.89. The van der Waals surface area contributed by atoms with Crippen LogP contribution in [0.1, 0.15) is 32.1 Å². The molecule has 0 bridgehead atoms. The highest BCUT2D eigenvalue weighted by molar-refractivity contribution is 7.99. The lowest BCUT2D eigenvalue weighted by Crippen LogP contribution is -2.17. The first-order chi connectivity index (χ1) is 8.12. The molecule has 1 aliphatic carbocycles. The normalized spacial score (nSPS) is 16.4. The van der Waals surface area contributed by atoms with Crippen LogP contribution in [0.15, 0.2) is 0 Å². The Bertz CT molecular complexity index is 277. The number of amides is 1. The van der Waals surface area contributed by atoms with E-state index in [1.54, 1.807) is 7.05 Å². The predicted octanol–water partition coefficient (Wildman–Crippen LogP) is 1.59. The van der Waals surface area contributed by atoms with Crippen molar-refractivity contribution in [3.8, 4) is 0 Å². The minimum atomic E-state index is -0.103. The van der Waals surface area contributed by atoms with Crippen LogP contribution in [-0.2, 0) is 14.3 Å². The molecule has 0 heterocycles. The van der Waals surface area contributed by atoms with E-state index in [1.165, 1.54) is 7.11 Å². The Kier molecular flexibility index (Phi) is 5.82. The largest absolute Gasteiger partial charge is 0.469 e. The number of methoxy groups -OCH3 is 1. The zero-order valence-corrected chi connectivity index (χ0v) is 11.4. The smallest absolute Gasteiger partial charge is 0.306 e. The molecule has 0 aliphatic heterocycles. The molecule has 17 heavy (non-hydrogen) atoms. The van der Waals surface area contributed by atoms with Crippen LogP contribution in [0.25, 0.3) is 0 Å². The zero-order valence-electron chi connectivity index (χ0n) is 10.6. The molecule has 1 N–H and O–H groups in total. The van der Waals surface area contributed by atoms with Crippen LogP contribution >= 0.6 is 11.8 Å². The van der Waals surface area contributed by atoms with Gasteiger partial charge < -0.3 is 10.1 Å². The van der Waals surface area contributed by atoms with Crippen molar-refractivity contribution in [3.05, 3.63) is 0 Å². The summed E-state index contributed by atoms with van der Waals surface area (Å²) in [6.07, 6.45) is 4.30. The molecule has 0 spiro atoms. The summed E-state index contributed by atoms with van der Waals surface area (Å²) in [5.41, 5.74) is 0.199. The molecule has 0 aromatic heterocycles. The first-order valence-electron chi connectivity index (χ1n) is 5.97. The third kappa shape index (κ3) is 5.44. The maximum atomic E-state index is 11.2. The Labute approximate surface area is 107 Å². The molecule has 0 atom stereocenters. The molecular weight excluding hydrogens is 238 g/mol. The molecule has 1 saturated carbocycles. The fourth-order valence-corrected chi connectivity index (χ4v) is 2.99. The van der Waals surface area contributed by atoms with Crippen molar-refractivity contribution in [3.63, 3.8) is 0 Å². The molecule has 1 rings (SSSR count). The maximum Gasteiger partial charge on any atom is 0.306 e. The van der Waals surface area contributed by atoms with Crippen molar-refractivity contribution in [2.75, 3.05) is 25.7 Å². The molecule has 0 radical (unpaired) electrons. The van der Waals surface area contributed by atoms with Gasteiger partial charge >= 0.3 is 5.97 Å². The van der Waals surface area contributed by atoms with E-state index in [0.717, 1.165) is 30.8 Å². The summed E-state index contributed by atoms with van der Waals surface area (Å²) >= 11 is 1.84. The number of hydrogen-bond donors (Lipinski definition) is 1. The van der Waals surface area contributed by atoms with E-state index in [-0.39, 0.29) is 17.3 Å². The van der Waals surface area contributed by atoms with Gasteiger partial charge in [-0.15, -0.1) is 0 Å². The lowest BCUT2D eigenvalue weighted by Gasteiger charge is -2.12. The third-order valence-corrected chi connectivity index (χ3v) is 4.48. The minimum Gasteiger partial charge on any atom is -0.469 e. The van der Waals surface area contributed by atoms with Gasteiger partial charge in [-0.1, -0.05) is 0 Å². The Hall–Kier alpha value is -0.710. The topological polar surface area (TPSA) is 55.4 Å². The van der Waals surface area contributed by atoms with E-state index in [1.807, 2.05) is 11.8 Å². The van der Waals surface area contributed by atoms with E-state index in [0.29, 0.717) is 12.8 Å². The molecule has 0 unspecified atom stereocenters. The molecule has 1 aliphatic rings. The molecule has 0 aromatic carbocycles. The molecule has 0 saturated heterocycles. The van der Waals surface area contributed by atoms with E-state index >= 15 is 0 Å². The first kappa shape index (κ1) is 14.4. The molecule has 98 valence electrons. The second-order valence-electron chi connectivity index (χ2n) is 4.58. The summed E-state index contributed by atoms with van der Waals surface area (Å²) in [6, 6.07) is 0. The minimum absolute atomic E-state index is 0.0984. The SMILES string of the molecule is CNC(=O)CCCSCC1(CC(=O)OC)CC1. The summed E-state index contributed by atoms with van der Waals surface area (Å²) in [4.78, 5) is 22.2. The molecule has 1 fully saturated rings. The number of ether oxygens (including phenoxy) is 1. The average Bonchev–Trinajstić information content (AvgIpc) is 3.08. The van der Waals surface area contributed by atoms with Crippen LogP contribution in [0, 0.1) is 5.41 Å². The van der Waals surface area contributed by atoms with Gasteiger partial charge in [0, 0.05) is 13.5 Å². The molecule has 5 heteroatoms. The van der Waals surface area contributed by atoms with Crippen molar-refractivity contribution >= 4 is 23.6 Å². The lowest BCUT2D eigenvalue weighted by atomic mass is 10.1. The number of carbonyl (C=O) groups excluding carboxylic acids is 2. The van der Waals surface area contributed by atoms with Crippen molar-refractivity contribution < 1.29 is 14.3 Å². The number of nitrogens with one attached hydrogen (secondary N) is 1. The zero-order chi connectivity index (χ0) is 12.7. The van der Waals surface area contributed by atoms with Crippen LogP contribution in [0.2, 0.25) is 0 Å². The molecule has 1 amide bonds. The van der Waals surface area contributed by atoms with Gasteiger partial charge in [0.05, 0.1) is 13.5 Å². The molecule has 0 aromatic rings. The Morgan fingerprint density at radius 1 is 1.41 bits per heavy atom. The fraction of sp³-hybridized carbons (Fsp3) is 0.833. The highest BCUT2D eigenvalue weighted by atomic mass is 32.2. The van der Waals surface area contributed by atoms with Crippen molar-refractivity contribution in [2.24, 2.45) is 5.41 Å². The van der Waals surface area contributed by atoms with Crippen LogP contribution in [-0.4, -0.2) is 37.5 Å². The van der Waals surface area contributed by atoms with E-state index in [4.69, 9.17) is 4.74 Å². The fourth-order valence-electron chi connectivity index (χ4n) is 1.68. The highest BCUT2D eigenvalue weighted by Crippen LogP contribution is 2.51. The van der Waals surface area contributed by atoms with Gasteiger partial charge in [-0.2, -0.15) is 11.8 Å². The van der Waals surface area contributed by atoms with Crippen molar-refractivity contribution in [2.45, 2.75) is 32.1 Å². The van der Waals surface area contributed by atoms with Crippen LogP contribution in [0.4, 0.5) is 0 Å². The van der Waals surface area contributed by atoms with E-state index in [2.05, 4.69) is 5.32 Å². The van der Waals surface area contributed by atoms with Gasteiger partial charge in [0.15, 0.2) is 0 Å². The quantitative estimate of drug-likeness (QED) is 0.531. The maximum absolute atomic E-state index is 11.2.